The van der Waals surface area contributed by atoms with E-state index in [4.69, 9.17) is 0 Å². The monoisotopic (exact) mass is 348 g/mol. The Morgan fingerprint density at radius 2 is 1.92 bits per heavy atom. The van der Waals surface area contributed by atoms with Gasteiger partial charge in [-0.25, -0.2) is 8.42 Å². The Morgan fingerprint density at radius 3 is 2.62 bits per heavy atom. The van der Waals surface area contributed by atoms with Crippen LogP contribution in [0.3, 0.4) is 0 Å². The molecule has 7 nitrogen and oxygen atoms in total. The molecule has 3 rings (SSSR count). The van der Waals surface area contributed by atoms with E-state index in [1.54, 1.807) is 24.3 Å². The maximum atomic E-state index is 12.3. The van der Waals surface area contributed by atoms with E-state index in [0.717, 1.165) is 25.7 Å². The van der Waals surface area contributed by atoms with Crippen LogP contribution in [0.25, 0.3) is 0 Å². The van der Waals surface area contributed by atoms with Crippen molar-refractivity contribution >= 4 is 21.6 Å². The third kappa shape index (κ3) is 4.14. The standard InChI is InChI=1S/C16H20N4O3S/c21-16(18-13-8-4-5-9-13)15-14(10-17-19-15)20-24(22,23)11-12-6-2-1-3-7-12/h1-3,6-7,10,13,20H,4-5,8-9,11H2,(H,17,19)(H,18,21). The zero-order valence-electron chi connectivity index (χ0n) is 13.2. The number of rotatable bonds is 6. The fourth-order valence-electron chi connectivity index (χ4n) is 2.86. The molecule has 0 aliphatic heterocycles. The molecular formula is C16H20N4O3S. The summed E-state index contributed by atoms with van der Waals surface area (Å²) < 4.78 is 27.0. The summed E-state index contributed by atoms with van der Waals surface area (Å²) in [4.78, 5) is 12.3. The number of H-pyrrole nitrogens is 1. The first-order chi connectivity index (χ1) is 11.5. The van der Waals surface area contributed by atoms with E-state index in [0.29, 0.717) is 5.56 Å². The van der Waals surface area contributed by atoms with Crippen molar-refractivity contribution in [3.05, 3.63) is 47.8 Å². The number of hydrogen-bond acceptors (Lipinski definition) is 4. The third-order valence-corrected chi connectivity index (χ3v) is 5.26. The van der Waals surface area contributed by atoms with Crippen molar-refractivity contribution in [3.63, 3.8) is 0 Å². The van der Waals surface area contributed by atoms with Crippen LogP contribution in [0.1, 0.15) is 41.7 Å². The molecule has 1 aromatic carbocycles. The van der Waals surface area contributed by atoms with Crippen LogP contribution in [-0.4, -0.2) is 30.6 Å². The fourth-order valence-corrected chi connectivity index (χ4v) is 4.06. The van der Waals surface area contributed by atoms with Crippen LogP contribution in [0.2, 0.25) is 0 Å². The van der Waals surface area contributed by atoms with E-state index in [9.17, 15) is 13.2 Å². The predicted molar refractivity (Wildman–Crippen MR) is 91.0 cm³/mol. The van der Waals surface area contributed by atoms with E-state index >= 15 is 0 Å². The lowest BCUT2D eigenvalue weighted by Gasteiger charge is -2.12. The van der Waals surface area contributed by atoms with E-state index in [1.807, 2.05) is 6.07 Å². The van der Waals surface area contributed by atoms with Gasteiger partial charge in [-0.2, -0.15) is 5.10 Å². The first kappa shape index (κ1) is 16.5. The second-order valence-electron chi connectivity index (χ2n) is 5.95. The van der Waals surface area contributed by atoms with Gasteiger partial charge in [-0.3, -0.25) is 14.6 Å². The molecule has 0 atom stereocenters. The average molecular weight is 348 g/mol. The molecule has 2 aromatic rings. The van der Waals surface area contributed by atoms with Gasteiger partial charge in [-0.15, -0.1) is 0 Å². The Labute approximate surface area is 140 Å². The van der Waals surface area contributed by atoms with Crippen molar-refractivity contribution in [3.8, 4) is 0 Å². The second-order valence-corrected chi connectivity index (χ2v) is 7.67. The Morgan fingerprint density at radius 1 is 1.21 bits per heavy atom. The van der Waals surface area contributed by atoms with E-state index < -0.39 is 10.0 Å². The van der Waals surface area contributed by atoms with Gasteiger partial charge < -0.3 is 5.32 Å². The number of carbonyl (C=O) groups excluding carboxylic acids is 1. The van der Waals surface area contributed by atoms with Crippen LogP contribution in [0, 0.1) is 0 Å². The number of amides is 1. The van der Waals surface area contributed by atoms with Crippen LogP contribution in [0.4, 0.5) is 5.69 Å². The summed E-state index contributed by atoms with van der Waals surface area (Å²) in [6.45, 7) is 0. The molecule has 0 unspecified atom stereocenters. The summed E-state index contributed by atoms with van der Waals surface area (Å²) in [5.41, 5.74) is 0.908. The number of nitrogens with zero attached hydrogens (tertiary/aromatic N) is 1. The smallest absolute Gasteiger partial charge is 0.274 e. The van der Waals surface area contributed by atoms with Gasteiger partial charge in [-0.1, -0.05) is 43.2 Å². The molecule has 1 saturated carbocycles. The molecule has 3 N–H and O–H groups in total. The second kappa shape index (κ2) is 7.04. The Balaban J connectivity index is 1.69. The average Bonchev–Trinajstić information content (AvgIpc) is 3.19. The van der Waals surface area contributed by atoms with Gasteiger partial charge in [0.1, 0.15) is 0 Å². The molecule has 8 heteroatoms. The van der Waals surface area contributed by atoms with Crippen LogP contribution in [-0.2, 0) is 15.8 Å². The summed E-state index contributed by atoms with van der Waals surface area (Å²) in [6.07, 6.45) is 5.48. The summed E-state index contributed by atoms with van der Waals surface area (Å²) in [7, 11) is -3.63. The molecule has 1 aliphatic rings. The van der Waals surface area contributed by atoms with Crippen molar-refractivity contribution < 1.29 is 13.2 Å². The van der Waals surface area contributed by atoms with E-state index in [1.165, 1.54) is 6.20 Å². The zero-order valence-corrected chi connectivity index (χ0v) is 14.0. The van der Waals surface area contributed by atoms with Crippen molar-refractivity contribution in [1.82, 2.24) is 15.5 Å². The maximum Gasteiger partial charge on any atom is 0.274 e. The van der Waals surface area contributed by atoms with Crippen molar-refractivity contribution in [2.45, 2.75) is 37.5 Å². The van der Waals surface area contributed by atoms with Gasteiger partial charge in [0.2, 0.25) is 10.0 Å². The number of hydrogen-bond donors (Lipinski definition) is 3. The van der Waals surface area contributed by atoms with Gasteiger partial charge in [-0.05, 0) is 18.4 Å². The van der Waals surface area contributed by atoms with Crippen molar-refractivity contribution in [2.24, 2.45) is 0 Å². The molecule has 0 saturated heterocycles. The van der Waals surface area contributed by atoms with Crippen LogP contribution in [0.5, 0.6) is 0 Å². The Kier molecular flexibility index (Phi) is 4.84. The summed E-state index contributed by atoms with van der Waals surface area (Å²) in [5, 5.41) is 9.34. The topological polar surface area (TPSA) is 104 Å². The quantitative estimate of drug-likeness (QED) is 0.743. The minimum atomic E-state index is -3.63. The van der Waals surface area contributed by atoms with Crippen LogP contribution in [0.15, 0.2) is 36.5 Å². The highest BCUT2D eigenvalue weighted by Crippen LogP contribution is 2.20. The number of aromatic nitrogens is 2. The van der Waals surface area contributed by atoms with Gasteiger partial charge in [0.25, 0.3) is 5.91 Å². The summed E-state index contributed by atoms with van der Waals surface area (Å²) in [6, 6.07) is 9.00. The van der Waals surface area contributed by atoms with Crippen molar-refractivity contribution in [1.29, 1.82) is 0 Å². The first-order valence-corrected chi connectivity index (χ1v) is 9.58. The SMILES string of the molecule is O=C(NC1CCCC1)c1n[nH]cc1NS(=O)(=O)Cc1ccccc1. The third-order valence-electron chi connectivity index (χ3n) is 4.01. The molecule has 1 aliphatic carbocycles. The molecule has 0 bridgehead atoms. The predicted octanol–water partition coefficient (Wildman–Crippen LogP) is 2.02. The lowest BCUT2D eigenvalue weighted by Crippen LogP contribution is -2.33. The molecule has 1 heterocycles. The Bertz CT molecular complexity index is 796. The fraction of sp³-hybridized carbons (Fsp3) is 0.375. The normalized spacial score (nSPS) is 15.3. The Hall–Kier alpha value is -2.35. The highest BCUT2D eigenvalue weighted by atomic mass is 32.2. The van der Waals surface area contributed by atoms with E-state index in [-0.39, 0.29) is 29.1 Å². The molecule has 1 aromatic heterocycles. The molecule has 1 fully saturated rings. The highest BCUT2D eigenvalue weighted by Gasteiger charge is 2.23. The van der Waals surface area contributed by atoms with Gasteiger partial charge in [0.05, 0.1) is 11.4 Å². The minimum absolute atomic E-state index is 0.0681. The van der Waals surface area contributed by atoms with Gasteiger partial charge in [0.15, 0.2) is 5.69 Å². The van der Waals surface area contributed by atoms with Gasteiger partial charge in [0, 0.05) is 12.2 Å². The van der Waals surface area contributed by atoms with Crippen molar-refractivity contribution in [2.75, 3.05) is 4.72 Å². The largest absolute Gasteiger partial charge is 0.348 e. The highest BCUT2D eigenvalue weighted by molar-refractivity contribution is 7.91. The lowest BCUT2D eigenvalue weighted by atomic mass is 10.2. The molecule has 1 amide bonds. The number of benzene rings is 1. The molecule has 0 spiro atoms. The number of aromatic amines is 1. The molecule has 24 heavy (non-hydrogen) atoms. The van der Waals surface area contributed by atoms with Crippen LogP contribution < -0.4 is 10.0 Å². The molecule has 0 radical (unpaired) electrons. The van der Waals surface area contributed by atoms with E-state index in [2.05, 4.69) is 20.2 Å². The molecular weight excluding hydrogens is 328 g/mol. The number of sulfonamides is 1. The maximum absolute atomic E-state index is 12.3. The first-order valence-electron chi connectivity index (χ1n) is 7.92. The summed E-state index contributed by atoms with van der Waals surface area (Å²) in [5.74, 6) is -0.525. The van der Waals surface area contributed by atoms with Gasteiger partial charge >= 0.3 is 0 Å². The molecule has 128 valence electrons. The van der Waals surface area contributed by atoms with Crippen LogP contribution >= 0.6 is 0 Å². The minimum Gasteiger partial charge on any atom is -0.348 e. The number of nitrogens with one attached hydrogen (secondary N) is 3. The zero-order chi connectivity index (χ0) is 17.0. The number of carbonyl (C=O) groups is 1. The lowest BCUT2D eigenvalue weighted by molar-refractivity contribution is 0.0933. The number of anilines is 1. The summed E-state index contributed by atoms with van der Waals surface area (Å²) >= 11 is 0.